The number of aromatic nitrogens is 2. The molecule has 0 spiro atoms. The van der Waals surface area contributed by atoms with E-state index < -0.39 is 16.8 Å². The van der Waals surface area contributed by atoms with Crippen molar-refractivity contribution in [3.8, 4) is 0 Å². The molecule has 0 saturated carbocycles. The van der Waals surface area contributed by atoms with Gasteiger partial charge in [-0.2, -0.15) is 5.10 Å². The van der Waals surface area contributed by atoms with E-state index in [9.17, 15) is 20.0 Å². The maximum absolute atomic E-state index is 11.5. The van der Waals surface area contributed by atoms with Gasteiger partial charge in [-0.05, 0) is 12.3 Å². The minimum atomic E-state index is -1.06. The van der Waals surface area contributed by atoms with Gasteiger partial charge in [-0.15, -0.1) is 0 Å². The number of carboxylic acids is 1. The summed E-state index contributed by atoms with van der Waals surface area (Å²) in [7, 11) is 1.56. The van der Waals surface area contributed by atoms with Crippen molar-refractivity contribution in [3.05, 3.63) is 21.5 Å². The highest BCUT2D eigenvalue weighted by molar-refractivity contribution is 5.77. The van der Waals surface area contributed by atoms with Crippen molar-refractivity contribution in [3.63, 3.8) is 0 Å². The Morgan fingerprint density at radius 3 is 2.30 bits per heavy atom. The number of nitrogens with zero attached hydrogens (tertiary/aromatic N) is 3. The van der Waals surface area contributed by atoms with E-state index in [2.05, 4.69) is 5.10 Å². The molecule has 1 rings (SSSR count). The normalized spacial score (nSPS) is 12.9. The van der Waals surface area contributed by atoms with Crippen LogP contribution in [0.15, 0.2) is 0 Å². The van der Waals surface area contributed by atoms with Gasteiger partial charge in [0.2, 0.25) is 0 Å². The summed E-state index contributed by atoms with van der Waals surface area (Å²) in [5.74, 6) is -1.99. The van der Waals surface area contributed by atoms with Gasteiger partial charge < -0.3 is 5.11 Å². The van der Waals surface area contributed by atoms with Crippen molar-refractivity contribution in [1.82, 2.24) is 9.78 Å². The zero-order valence-electron chi connectivity index (χ0n) is 12.5. The number of aryl methyl sites for hydroxylation is 1. The van der Waals surface area contributed by atoms with Gasteiger partial charge in [-0.25, -0.2) is 0 Å². The van der Waals surface area contributed by atoms with Crippen molar-refractivity contribution in [2.24, 2.45) is 13.0 Å². The highest BCUT2D eigenvalue weighted by Gasteiger charge is 2.36. The second-order valence-corrected chi connectivity index (χ2v) is 5.67. The minimum Gasteiger partial charge on any atom is -0.481 e. The zero-order valence-corrected chi connectivity index (χ0v) is 12.5. The van der Waals surface area contributed by atoms with E-state index >= 15 is 0 Å². The summed E-state index contributed by atoms with van der Waals surface area (Å²) in [6, 6.07) is 0. The van der Waals surface area contributed by atoms with Crippen LogP contribution in [-0.4, -0.2) is 25.8 Å². The van der Waals surface area contributed by atoms with E-state index in [0.29, 0.717) is 12.1 Å². The van der Waals surface area contributed by atoms with Gasteiger partial charge in [0.05, 0.1) is 4.92 Å². The van der Waals surface area contributed by atoms with E-state index in [-0.39, 0.29) is 23.2 Å². The largest absolute Gasteiger partial charge is 0.481 e. The van der Waals surface area contributed by atoms with Crippen LogP contribution in [0.1, 0.15) is 57.3 Å². The SMILES string of the molecule is CC(C)CC(C(=O)O)c1c([N+](=O)[O-])c(C(C)C)nn1C. The molecule has 1 unspecified atom stereocenters. The highest BCUT2D eigenvalue weighted by atomic mass is 16.6. The van der Waals surface area contributed by atoms with E-state index in [1.165, 1.54) is 4.68 Å². The first-order chi connectivity index (χ1) is 9.16. The van der Waals surface area contributed by atoms with E-state index in [1.54, 1.807) is 20.9 Å². The molecule has 20 heavy (non-hydrogen) atoms. The molecular weight excluding hydrogens is 262 g/mol. The third-order valence-corrected chi connectivity index (χ3v) is 3.16. The molecule has 0 saturated heterocycles. The molecule has 0 aliphatic rings. The lowest BCUT2D eigenvalue weighted by Gasteiger charge is -2.14. The van der Waals surface area contributed by atoms with Gasteiger partial charge in [-0.1, -0.05) is 27.7 Å². The van der Waals surface area contributed by atoms with E-state index in [0.717, 1.165) is 0 Å². The number of aliphatic carboxylic acids is 1. The Hall–Kier alpha value is -1.92. The Bertz CT molecular complexity index is 520. The molecule has 7 heteroatoms. The van der Waals surface area contributed by atoms with Gasteiger partial charge in [-0.3, -0.25) is 19.6 Å². The maximum Gasteiger partial charge on any atom is 0.314 e. The van der Waals surface area contributed by atoms with Crippen LogP contribution < -0.4 is 0 Å². The fourth-order valence-electron chi connectivity index (χ4n) is 2.31. The second-order valence-electron chi connectivity index (χ2n) is 5.67. The smallest absolute Gasteiger partial charge is 0.314 e. The van der Waals surface area contributed by atoms with Crippen LogP contribution in [0.5, 0.6) is 0 Å². The molecule has 0 fully saturated rings. The van der Waals surface area contributed by atoms with Crippen LogP contribution in [0, 0.1) is 16.0 Å². The van der Waals surface area contributed by atoms with E-state index in [1.807, 2.05) is 13.8 Å². The fourth-order valence-corrected chi connectivity index (χ4v) is 2.31. The summed E-state index contributed by atoms with van der Waals surface area (Å²) < 4.78 is 1.34. The number of rotatable bonds is 6. The first-order valence-corrected chi connectivity index (χ1v) is 6.60. The van der Waals surface area contributed by atoms with Gasteiger partial charge in [0, 0.05) is 13.0 Å². The Morgan fingerprint density at radius 1 is 1.40 bits per heavy atom. The van der Waals surface area contributed by atoms with Crippen LogP contribution in [0.3, 0.4) is 0 Å². The number of hydrogen-bond donors (Lipinski definition) is 1. The molecule has 0 amide bonds. The lowest BCUT2D eigenvalue weighted by molar-refractivity contribution is -0.386. The molecule has 1 aromatic heterocycles. The van der Waals surface area contributed by atoms with Crippen LogP contribution in [-0.2, 0) is 11.8 Å². The van der Waals surface area contributed by atoms with Crippen LogP contribution >= 0.6 is 0 Å². The predicted octanol–water partition coefficient (Wildman–Crippen LogP) is 2.67. The second kappa shape index (κ2) is 6.02. The number of hydrogen-bond acceptors (Lipinski definition) is 4. The van der Waals surface area contributed by atoms with Crippen molar-refractivity contribution in [2.45, 2.75) is 46.0 Å². The first kappa shape index (κ1) is 16.1. The molecule has 0 aliphatic carbocycles. The average Bonchev–Trinajstić information content (AvgIpc) is 2.63. The third kappa shape index (κ3) is 3.15. The summed E-state index contributed by atoms with van der Waals surface area (Å²) in [6.45, 7) is 7.39. The Balaban J connectivity index is 3.48. The molecule has 112 valence electrons. The minimum absolute atomic E-state index is 0.119. The van der Waals surface area contributed by atoms with Gasteiger partial charge in [0.15, 0.2) is 0 Å². The lowest BCUT2D eigenvalue weighted by Crippen LogP contribution is -2.18. The van der Waals surface area contributed by atoms with Crippen LogP contribution in [0.25, 0.3) is 0 Å². The highest BCUT2D eigenvalue weighted by Crippen LogP contribution is 2.36. The third-order valence-electron chi connectivity index (χ3n) is 3.16. The Kier molecular flexibility index (Phi) is 4.86. The summed E-state index contributed by atoms with van der Waals surface area (Å²) in [5, 5.41) is 24.9. The average molecular weight is 283 g/mol. The van der Waals surface area contributed by atoms with Gasteiger partial charge in [0.25, 0.3) is 0 Å². The van der Waals surface area contributed by atoms with Crippen molar-refractivity contribution < 1.29 is 14.8 Å². The van der Waals surface area contributed by atoms with Gasteiger partial charge in [0.1, 0.15) is 17.3 Å². The van der Waals surface area contributed by atoms with Gasteiger partial charge >= 0.3 is 11.7 Å². The van der Waals surface area contributed by atoms with Crippen LogP contribution in [0.2, 0.25) is 0 Å². The summed E-state index contributed by atoms with van der Waals surface area (Å²) >= 11 is 0. The quantitative estimate of drug-likeness (QED) is 0.639. The zero-order chi connectivity index (χ0) is 15.6. The summed E-state index contributed by atoms with van der Waals surface area (Å²) in [5.41, 5.74) is 0.359. The monoisotopic (exact) mass is 283 g/mol. The maximum atomic E-state index is 11.5. The molecule has 1 atom stereocenters. The molecule has 0 aliphatic heterocycles. The number of carbonyl (C=O) groups is 1. The predicted molar refractivity (Wildman–Crippen MR) is 73.8 cm³/mol. The topological polar surface area (TPSA) is 98.3 Å². The first-order valence-electron chi connectivity index (χ1n) is 6.60. The van der Waals surface area contributed by atoms with Crippen molar-refractivity contribution in [2.75, 3.05) is 0 Å². The number of carboxylic acid groups (broad SMARTS) is 1. The molecule has 1 aromatic rings. The number of nitro groups is 1. The summed E-state index contributed by atoms with van der Waals surface area (Å²) in [6.07, 6.45) is 0.341. The lowest BCUT2D eigenvalue weighted by atomic mass is 9.92. The molecule has 7 nitrogen and oxygen atoms in total. The Labute approximate surface area is 117 Å². The molecule has 0 aromatic carbocycles. The standard InChI is InChI=1S/C13H21N3O4/c1-7(2)6-9(13(17)18)11-12(16(19)20)10(8(3)4)14-15(11)5/h7-9H,6H2,1-5H3,(H,17,18). The molecular formula is C13H21N3O4. The Morgan fingerprint density at radius 2 is 1.95 bits per heavy atom. The molecule has 0 bridgehead atoms. The van der Waals surface area contributed by atoms with E-state index in [4.69, 9.17) is 0 Å². The fraction of sp³-hybridized carbons (Fsp3) is 0.692. The molecule has 0 radical (unpaired) electrons. The molecule has 1 heterocycles. The van der Waals surface area contributed by atoms with Crippen LogP contribution in [0.4, 0.5) is 5.69 Å². The molecule has 1 N–H and O–H groups in total. The van der Waals surface area contributed by atoms with Crippen molar-refractivity contribution in [1.29, 1.82) is 0 Å². The summed E-state index contributed by atoms with van der Waals surface area (Å²) in [4.78, 5) is 22.3. The van der Waals surface area contributed by atoms with Crippen molar-refractivity contribution >= 4 is 11.7 Å².